The first-order valence-electron chi connectivity index (χ1n) is 7.13. The van der Waals surface area contributed by atoms with Crippen LogP contribution < -0.4 is 15.2 Å². The molecule has 0 saturated heterocycles. The first-order chi connectivity index (χ1) is 10.3. The van der Waals surface area contributed by atoms with Crippen molar-refractivity contribution in [3.63, 3.8) is 0 Å². The number of fused-ring (bicyclic) bond motifs is 1. The van der Waals surface area contributed by atoms with Crippen LogP contribution in [-0.4, -0.2) is 13.2 Å². The van der Waals surface area contributed by atoms with Gasteiger partial charge >= 0.3 is 0 Å². The summed E-state index contributed by atoms with van der Waals surface area (Å²) >= 11 is 6.16. The first kappa shape index (κ1) is 14.2. The predicted octanol–water partition coefficient (Wildman–Crippen LogP) is 3.36. The van der Waals surface area contributed by atoms with Gasteiger partial charge in [-0.25, -0.2) is 0 Å². The van der Waals surface area contributed by atoms with E-state index in [9.17, 15) is 0 Å². The summed E-state index contributed by atoms with van der Waals surface area (Å²) in [6.45, 7) is 1.77. The topological polar surface area (TPSA) is 44.5 Å². The van der Waals surface area contributed by atoms with E-state index in [2.05, 4.69) is 0 Å². The minimum absolute atomic E-state index is 0.449. The summed E-state index contributed by atoms with van der Waals surface area (Å²) in [7, 11) is 0. The molecule has 2 aromatic rings. The highest BCUT2D eigenvalue weighted by Gasteiger charge is 2.18. The van der Waals surface area contributed by atoms with Gasteiger partial charge in [-0.3, -0.25) is 0 Å². The van der Waals surface area contributed by atoms with Crippen LogP contribution in [0.3, 0.4) is 0 Å². The SMILES string of the molecule is NCCc1ccccc1OCc1cc(Cl)cc2c1OCC2. The molecule has 0 radical (unpaired) electrons. The van der Waals surface area contributed by atoms with Crippen molar-refractivity contribution in [1.82, 2.24) is 0 Å². The van der Waals surface area contributed by atoms with Crippen molar-refractivity contribution in [2.24, 2.45) is 5.73 Å². The van der Waals surface area contributed by atoms with Crippen LogP contribution in [0, 0.1) is 0 Å². The van der Waals surface area contributed by atoms with Gasteiger partial charge in [0.2, 0.25) is 0 Å². The van der Waals surface area contributed by atoms with Crippen molar-refractivity contribution in [3.8, 4) is 11.5 Å². The average molecular weight is 304 g/mol. The van der Waals surface area contributed by atoms with Crippen LogP contribution in [0.25, 0.3) is 0 Å². The maximum atomic E-state index is 6.16. The van der Waals surface area contributed by atoms with Gasteiger partial charge in [0.15, 0.2) is 0 Å². The molecule has 0 spiro atoms. The van der Waals surface area contributed by atoms with E-state index in [0.29, 0.717) is 19.8 Å². The van der Waals surface area contributed by atoms with Crippen LogP contribution in [0.1, 0.15) is 16.7 Å². The Bertz CT molecular complexity index is 643. The molecule has 0 bridgehead atoms. The fourth-order valence-corrected chi connectivity index (χ4v) is 2.88. The summed E-state index contributed by atoms with van der Waals surface area (Å²) < 4.78 is 11.7. The van der Waals surface area contributed by atoms with Crippen molar-refractivity contribution in [1.29, 1.82) is 0 Å². The van der Waals surface area contributed by atoms with Gasteiger partial charge in [0.25, 0.3) is 0 Å². The molecule has 0 amide bonds. The lowest BCUT2D eigenvalue weighted by molar-refractivity contribution is 0.289. The van der Waals surface area contributed by atoms with Crippen LogP contribution in [-0.2, 0) is 19.4 Å². The van der Waals surface area contributed by atoms with E-state index in [1.165, 1.54) is 0 Å². The van der Waals surface area contributed by atoms with E-state index in [0.717, 1.165) is 46.1 Å². The fraction of sp³-hybridized carbons (Fsp3) is 0.294. The molecule has 21 heavy (non-hydrogen) atoms. The minimum atomic E-state index is 0.449. The van der Waals surface area contributed by atoms with E-state index in [1.54, 1.807) is 0 Å². The van der Waals surface area contributed by atoms with Gasteiger partial charge in [-0.15, -0.1) is 0 Å². The van der Waals surface area contributed by atoms with E-state index in [4.69, 9.17) is 26.8 Å². The second kappa shape index (κ2) is 6.37. The summed E-state index contributed by atoms with van der Waals surface area (Å²) in [5.41, 5.74) is 8.92. The maximum Gasteiger partial charge on any atom is 0.129 e. The minimum Gasteiger partial charge on any atom is -0.493 e. The van der Waals surface area contributed by atoms with Crippen LogP contribution in [0.2, 0.25) is 5.02 Å². The Balaban J connectivity index is 1.80. The van der Waals surface area contributed by atoms with E-state index in [-0.39, 0.29) is 0 Å². The van der Waals surface area contributed by atoms with Gasteiger partial charge in [0.05, 0.1) is 6.61 Å². The molecule has 0 unspecified atom stereocenters. The Hall–Kier alpha value is -1.71. The third-order valence-corrected chi connectivity index (χ3v) is 3.81. The molecule has 1 aliphatic rings. The normalized spacial score (nSPS) is 12.9. The van der Waals surface area contributed by atoms with Crippen LogP contribution in [0.5, 0.6) is 11.5 Å². The number of nitrogens with two attached hydrogens (primary N) is 1. The smallest absolute Gasteiger partial charge is 0.129 e. The van der Waals surface area contributed by atoms with Gasteiger partial charge in [-0.05, 0) is 42.3 Å². The molecule has 1 aliphatic heterocycles. The Kier molecular flexibility index (Phi) is 4.32. The summed E-state index contributed by atoms with van der Waals surface area (Å²) in [6.07, 6.45) is 1.72. The molecule has 4 heteroatoms. The number of rotatable bonds is 5. The molecular formula is C17H18ClNO2. The third kappa shape index (κ3) is 3.14. The number of hydrogen-bond donors (Lipinski definition) is 1. The first-order valence-corrected chi connectivity index (χ1v) is 7.50. The number of hydrogen-bond acceptors (Lipinski definition) is 3. The molecule has 0 saturated carbocycles. The molecule has 3 nitrogen and oxygen atoms in total. The van der Waals surface area contributed by atoms with E-state index < -0.39 is 0 Å². The number of para-hydroxylation sites is 1. The Labute approximate surface area is 129 Å². The zero-order valence-electron chi connectivity index (χ0n) is 11.8. The summed E-state index contributed by atoms with van der Waals surface area (Å²) in [6, 6.07) is 11.9. The standard InChI is InChI=1S/C17H18ClNO2/c18-15-9-13-6-8-20-17(13)14(10-15)11-21-16-4-2-1-3-12(16)5-7-19/h1-4,9-10H,5-8,11,19H2. The molecule has 0 aromatic heterocycles. The van der Waals surface area contributed by atoms with Crippen LogP contribution in [0.4, 0.5) is 0 Å². The van der Waals surface area contributed by atoms with E-state index >= 15 is 0 Å². The lowest BCUT2D eigenvalue weighted by Gasteiger charge is -2.13. The van der Waals surface area contributed by atoms with Gasteiger partial charge in [0.1, 0.15) is 18.1 Å². The molecular weight excluding hydrogens is 286 g/mol. The van der Waals surface area contributed by atoms with Gasteiger partial charge in [-0.1, -0.05) is 29.8 Å². The summed E-state index contributed by atoms with van der Waals surface area (Å²) in [4.78, 5) is 0. The largest absolute Gasteiger partial charge is 0.493 e. The number of ether oxygens (including phenoxy) is 2. The van der Waals surface area contributed by atoms with Crippen molar-refractivity contribution < 1.29 is 9.47 Å². The van der Waals surface area contributed by atoms with Crippen molar-refractivity contribution in [2.45, 2.75) is 19.4 Å². The average Bonchev–Trinajstić information content (AvgIpc) is 2.94. The number of halogens is 1. The van der Waals surface area contributed by atoms with Crippen LogP contribution in [0.15, 0.2) is 36.4 Å². The lowest BCUT2D eigenvalue weighted by atomic mass is 10.1. The van der Waals surface area contributed by atoms with Gasteiger partial charge in [-0.2, -0.15) is 0 Å². The zero-order valence-corrected chi connectivity index (χ0v) is 12.5. The second-order valence-electron chi connectivity index (χ2n) is 5.09. The van der Waals surface area contributed by atoms with Crippen LogP contribution >= 0.6 is 11.6 Å². The molecule has 3 rings (SSSR count). The highest BCUT2D eigenvalue weighted by Crippen LogP contribution is 2.33. The monoisotopic (exact) mass is 303 g/mol. The Morgan fingerprint density at radius 1 is 1.19 bits per heavy atom. The van der Waals surface area contributed by atoms with Crippen molar-refractivity contribution in [2.75, 3.05) is 13.2 Å². The highest BCUT2D eigenvalue weighted by atomic mass is 35.5. The zero-order chi connectivity index (χ0) is 14.7. The predicted molar refractivity (Wildman–Crippen MR) is 84.2 cm³/mol. The maximum absolute atomic E-state index is 6.16. The Morgan fingerprint density at radius 2 is 2.05 bits per heavy atom. The second-order valence-corrected chi connectivity index (χ2v) is 5.52. The van der Waals surface area contributed by atoms with Crippen molar-refractivity contribution >= 4 is 11.6 Å². The summed E-state index contributed by atoms with van der Waals surface area (Å²) in [5.74, 6) is 1.80. The quantitative estimate of drug-likeness (QED) is 0.921. The highest BCUT2D eigenvalue weighted by molar-refractivity contribution is 6.30. The Morgan fingerprint density at radius 3 is 2.90 bits per heavy atom. The van der Waals surface area contributed by atoms with Gasteiger partial charge in [0, 0.05) is 17.0 Å². The number of benzene rings is 2. The molecule has 0 aliphatic carbocycles. The fourth-order valence-electron chi connectivity index (χ4n) is 2.62. The molecule has 2 aromatic carbocycles. The van der Waals surface area contributed by atoms with E-state index in [1.807, 2.05) is 36.4 Å². The summed E-state index contributed by atoms with van der Waals surface area (Å²) in [5, 5.41) is 0.730. The van der Waals surface area contributed by atoms with Crippen molar-refractivity contribution in [3.05, 3.63) is 58.1 Å². The molecule has 0 fully saturated rings. The molecule has 1 heterocycles. The third-order valence-electron chi connectivity index (χ3n) is 3.59. The molecule has 0 atom stereocenters. The molecule has 110 valence electrons. The lowest BCUT2D eigenvalue weighted by Crippen LogP contribution is -2.06. The van der Waals surface area contributed by atoms with Gasteiger partial charge < -0.3 is 15.2 Å². The molecule has 2 N–H and O–H groups in total.